The minimum Gasteiger partial charge on any atom is -0.490 e. The predicted octanol–water partition coefficient (Wildman–Crippen LogP) is 2.16. The maximum Gasteiger partial charge on any atom is 0.254 e. The van der Waals surface area contributed by atoms with E-state index in [1.807, 2.05) is 29.6 Å². The molecule has 0 N–H and O–H groups in total. The van der Waals surface area contributed by atoms with Gasteiger partial charge in [0.25, 0.3) is 5.91 Å². The minimum atomic E-state index is 0.00150. The molecule has 1 unspecified atom stereocenters. The fourth-order valence-corrected chi connectivity index (χ4v) is 2.92. The van der Waals surface area contributed by atoms with Crippen LogP contribution >= 0.6 is 0 Å². The molecule has 0 saturated carbocycles. The van der Waals surface area contributed by atoms with Crippen molar-refractivity contribution in [1.29, 1.82) is 0 Å². The highest BCUT2D eigenvalue weighted by molar-refractivity contribution is 5.95. The number of likely N-dealkylation sites (tertiary alicyclic amines) is 1. The lowest BCUT2D eigenvalue weighted by Gasteiger charge is -2.18. The Kier molecular flexibility index (Phi) is 4.98. The van der Waals surface area contributed by atoms with Gasteiger partial charge in [0.1, 0.15) is 0 Å². The van der Waals surface area contributed by atoms with E-state index in [1.54, 1.807) is 24.4 Å². The number of nitrogens with zero attached hydrogens (tertiary/aromatic N) is 4. The van der Waals surface area contributed by atoms with Crippen LogP contribution in [0.2, 0.25) is 0 Å². The fourth-order valence-electron chi connectivity index (χ4n) is 2.92. The Morgan fingerprint density at radius 1 is 1.25 bits per heavy atom. The van der Waals surface area contributed by atoms with E-state index in [4.69, 9.17) is 9.47 Å². The largest absolute Gasteiger partial charge is 0.490 e. The number of rotatable bonds is 6. The first kappa shape index (κ1) is 16.3. The molecule has 0 radical (unpaired) electrons. The highest BCUT2D eigenvalue weighted by Crippen LogP contribution is 2.30. The molecule has 7 heteroatoms. The van der Waals surface area contributed by atoms with Crippen molar-refractivity contribution in [2.24, 2.45) is 0 Å². The van der Waals surface area contributed by atoms with Crippen LogP contribution in [0.1, 0.15) is 36.7 Å². The summed E-state index contributed by atoms with van der Waals surface area (Å²) in [5.41, 5.74) is 0.612. The number of carbonyl (C=O) groups is 1. The van der Waals surface area contributed by atoms with Crippen LogP contribution in [-0.4, -0.2) is 52.1 Å². The summed E-state index contributed by atoms with van der Waals surface area (Å²) in [5.74, 6) is 1.27. The number of benzene rings is 1. The van der Waals surface area contributed by atoms with Crippen molar-refractivity contribution in [2.45, 2.75) is 26.3 Å². The normalized spacial score (nSPS) is 17.1. The molecule has 1 amide bonds. The molecule has 1 aromatic heterocycles. The van der Waals surface area contributed by atoms with E-state index in [9.17, 15) is 4.79 Å². The predicted molar refractivity (Wildman–Crippen MR) is 88.4 cm³/mol. The lowest BCUT2D eigenvalue weighted by Crippen LogP contribution is -2.29. The standard InChI is InChI=1S/C17H22N4O3/c1-3-23-15-6-5-13(11-16(15)24-4-2)17(22)20-9-7-14(12-20)21-10-8-18-19-21/h5-6,8,10-11,14H,3-4,7,9,12H2,1-2H3. The summed E-state index contributed by atoms with van der Waals surface area (Å²) in [6.45, 7) is 6.26. The van der Waals surface area contributed by atoms with Gasteiger partial charge in [0.2, 0.25) is 0 Å². The van der Waals surface area contributed by atoms with Gasteiger partial charge in [0.15, 0.2) is 11.5 Å². The van der Waals surface area contributed by atoms with Gasteiger partial charge in [0.05, 0.1) is 25.5 Å². The van der Waals surface area contributed by atoms with E-state index >= 15 is 0 Å². The zero-order valence-electron chi connectivity index (χ0n) is 14.0. The van der Waals surface area contributed by atoms with Gasteiger partial charge >= 0.3 is 0 Å². The molecule has 1 aliphatic rings. The molecule has 7 nitrogen and oxygen atoms in total. The summed E-state index contributed by atoms with van der Waals surface area (Å²) in [6.07, 6.45) is 4.37. The van der Waals surface area contributed by atoms with Crippen molar-refractivity contribution < 1.29 is 14.3 Å². The van der Waals surface area contributed by atoms with Gasteiger partial charge in [-0.1, -0.05) is 5.21 Å². The van der Waals surface area contributed by atoms with E-state index in [2.05, 4.69) is 10.3 Å². The number of carbonyl (C=O) groups excluding carboxylic acids is 1. The highest BCUT2D eigenvalue weighted by atomic mass is 16.5. The first-order valence-corrected chi connectivity index (χ1v) is 8.27. The van der Waals surface area contributed by atoms with E-state index < -0.39 is 0 Å². The van der Waals surface area contributed by atoms with E-state index in [-0.39, 0.29) is 11.9 Å². The molecule has 2 aromatic rings. The summed E-state index contributed by atoms with van der Waals surface area (Å²) < 4.78 is 13.0. The Morgan fingerprint density at radius 2 is 2.04 bits per heavy atom. The fraction of sp³-hybridized carbons (Fsp3) is 0.471. The average molecular weight is 330 g/mol. The van der Waals surface area contributed by atoms with Gasteiger partial charge in [-0.15, -0.1) is 5.10 Å². The number of aromatic nitrogens is 3. The van der Waals surface area contributed by atoms with Crippen LogP contribution in [0.4, 0.5) is 0 Å². The lowest BCUT2D eigenvalue weighted by molar-refractivity contribution is 0.0786. The van der Waals surface area contributed by atoms with Crippen molar-refractivity contribution in [1.82, 2.24) is 19.9 Å². The van der Waals surface area contributed by atoms with Crippen molar-refractivity contribution in [2.75, 3.05) is 26.3 Å². The summed E-state index contributed by atoms with van der Waals surface area (Å²) in [6, 6.07) is 5.54. The summed E-state index contributed by atoms with van der Waals surface area (Å²) in [5, 5.41) is 7.86. The topological polar surface area (TPSA) is 69.5 Å². The third-order valence-electron chi connectivity index (χ3n) is 4.06. The van der Waals surface area contributed by atoms with Crippen LogP contribution in [0, 0.1) is 0 Å². The molecule has 1 aliphatic heterocycles. The zero-order valence-corrected chi connectivity index (χ0v) is 14.0. The second-order valence-electron chi connectivity index (χ2n) is 5.60. The molecule has 3 rings (SSSR count). The van der Waals surface area contributed by atoms with Crippen LogP contribution in [0.15, 0.2) is 30.6 Å². The van der Waals surface area contributed by atoms with E-state index in [0.29, 0.717) is 43.4 Å². The molecule has 0 aliphatic carbocycles. The van der Waals surface area contributed by atoms with Crippen molar-refractivity contribution in [3.8, 4) is 11.5 Å². The van der Waals surface area contributed by atoms with Gasteiger partial charge in [-0.25, -0.2) is 4.68 Å². The Bertz CT molecular complexity index is 687. The molecule has 1 fully saturated rings. The molecular weight excluding hydrogens is 308 g/mol. The summed E-state index contributed by atoms with van der Waals surface area (Å²) in [4.78, 5) is 14.6. The third kappa shape index (κ3) is 3.34. The smallest absolute Gasteiger partial charge is 0.254 e. The van der Waals surface area contributed by atoms with Gasteiger partial charge in [-0.05, 0) is 38.5 Å². The minimum absolute atomic E-state index is 0.00150. The van der Waals surface area contributed by atoms with Gasteiger partial charge in [-0.3, -0.25) is 4.79 Å². The average Bonchev–Trinajstić information content (AvgIpc) is 3.27. The molecule has 1 aromatic carbocycles. The van der Waals surface area contributed by atoms with Gasteiger partial charge < -0.3 is 14.4 Å². The van der Waals surface area contributed by atoms with Crippen LogP contribution < -0.4 is 9.47 Å². The van der Waals surface area contributed by atoms with Crippen molar-refractivity contribution in [3.63, 3.8) is 0 Å². The summed E-state index contributed by atoms with van der Waals surface area (Å²) in [7, 11) is 0. The monoisotopic (exact) mass is 330 g/mol. The van der Waals surface area contributed by atoms with Crippen LogP contribution in [-0.2, 0) is 0 Å². The molecule has 128 valence electrons. The Balaban J connectivity index is 1.74. The zero-order chi connectivity index (χ0) is 16.9. The van der Waals surface area contributed by atoms with E-state index in [1.165, 1.54) is 0 Å². The van der Waals surface area contributed by atoms with E-state index in [0.717, 1.165) is 6.42 Å². The third-order valence-corrected chi connectivity index (χ3v) is 4.06. The number of hydrogen-bond acceptors (Lipinski definition) is 5. The van der Waals surface area contributed by atoms with Crippen molar-refractivity contribution >= 4 is 5.91 Å². The van der Waals surface area contributed by atoms with Crippen LogP contribution in [0.3, 0.4) is 0 Å². The Morgan fingerprint density at radius 3 is 2.75 bits per heavy atom. The molecular formula is C17H22N4O3. The molecule has 1 atom stereocenters. The Hall–Kier alpha value is -2.57. The molecule has 0 spiro atoms. The first-order valence-electron chi connectivity index (χ1n) is 8.27. The number of hydrogen-bond donors (Lipinski definition) is 0. The maximum absolute atomic E-state index is 12.8. The number of amides is 1. The number of ether oxygens (including phenoxy) is 2. The van der Waals surface area contributed by atoms with Crippen LogP contribution in [0.25, 0.3) is 0 Å². The van der Waals surface area contributed by atoms with Gasteiger partial charge in [0, 0.05) is 24.8 Å². The second kappa shape index (κ2) is 7.33. The first-order chi connectivity index (χ1) is 11.7. The van der Waals surface area contributed by atoms with Crippen molar-refractivity contribution in [3.05, 3.63) is 36.2 Å². The van der Waals surface area contributed by atoms with Crippen LogP contribution in [0.5, 0.6) is 11.5 Å². The highest BCUT2D eigenvalue weighted by Gasteiger charge is 2.29. The lowest BCUT2D eigenvalue weighted by atomic mass is 10.1. The molecule has 24 heavy (non-hydrogen) atoms. The molecule has 0 bridgehead atoms. The maximum atomic E-state index is 12.8. The summed E-state index contributed by atoms with van der Waals surface area (Å²) >= 11 is 0. The van der Waals surface area contributed by atoms with Gasteiger partial charge in [-0.2, -0.15) is 0 Å². The molecule has 1 saturated heterocycles. The quantitative estimate of drug-likeness (QED) is 0.812. The SMILES string of the molecule is CCOc1ccc(C(=O)N2CCC(n3ccnn3)C2)cc1OCC. The second-order valence-corrected chi connectivity index (χ2v) is 5.60. The molecule has 2 heterocycles. The Labute approximate surface area is 141 Å².